The molecule has 0 spiro atoms. The molecular weight excluding hydrogens is 797 g/mol. The molecule has 0 amide bonds. The largest absolute Gasteiger partial charge is 1.00 e. The number of fused-ring (bicyclic) bond motifs is 2. The number of aliphatic hydroxyl groups excluding tert-OH is 1. The first-order valence-electron chi connectivity index (χ1n) is 15.8. The number of hydrogen-bond donors (Lipinski definition) is 1. The van der Waals surface area contributed by atoms with Gasteiger partial charge >= 0.3 is 8.40 Å². The van der Waals surface area contributed by atoms with Gasteiger partial charge in [0.2, 0.25) is 5.69 Å². The van der Waals surface area contributed by atoms with Gasteiger partial charge in [-0.1, -0.05) is 77.6 Å². The molecule has 0 aliphatic heterocycles. The van der Waals surface area contributed by atoms with Crippen molar-refractivity contribution in [3.05, 3.63) is 93.8 Å². The maximum Gasteiger partial charge on any atom is 1.00 e. The van der Waals surface area contributed by atoms with E-state index in [0.717, 1.165) is 58.0 Å². The van der Waals surface area contributed by atoms with Gasteiger partial charge in [-0.3, -0.25) is 22.9 Å². The Labute approximate surface area is 298 Å². The second-order valence-corrected chi connectivity index (χ2v) is 16.4. The van der Waals surface area contributed by atoms with Gasteiger partial charge in [-0.25, -0.2) is 0 Å². The fraction of sp³-hybridized carbons (Fsp3) is 0.395. The molecule has 0 fully saturated rings. The number of ketones is 1. The minimum Gasteiger partial charge on any atom is -0.512 e. The van der Waals surface area contributed by atoms with Crippen LogP contribution < -0.4 is 4.50 Å². The molecule has 4 rings (SSSR count). The van der Waals surface area contributed by atoms with E-state index in [2.05, 4.69) is 64.7 Å². The third-order valence-electron chi connectivity index (χ3n) is 8.57. The van der Waals surface area contributed by atoms with Crippen molar-refractivity contribution in [1.82, 2.24) is 4.98 Å². The van der Waals surface area contributed by atoms with Crippen molar-refractivity contribution in [2.45, 2.75) is 86.5 Å². The molecule has 0 unspecified atom stereocenters. The van der Waals surface area contributed by atoms with Crippen LogP contribution in [0.5, 0.6) is 0 Å². The maximum atomic E-state index is 11.7. The summed E-state index contributed by atoms with van der Waals surface area (Å²) in [6.07, 6.45) is 6.66. The molecule has 4 aromatic rings. The number of carbonyl (C=O) groups excluding carboxylic acids is 1. The number of aromatic nitrogens is 1. The van der Waals surface area contributed by atoms with Gasteiger partial charge in [-0.05, 0) is 55.0 Å². The topological polar surface area (TPSA) is 82.7 Å². The summed E-state index contributed by atoms with van der Waals surface area (Å²) in [4.78, 5) is 16.4. The molecule has 1 radical (unpaired) electrons. The molecule has 2 aromatic heterocycles. The molecule has 0 aliphatic rings. The number of carbonyl (C=O) groups is 1. The zero-order valence-electron chi connectivity index (χ0n) is 28.5. The Bertz CT molecular complexity index is 1840. The summed E-state index contributed by atoms with van der Waals surface area (Å²) in [5.41, 5.74) is 5.72. The molecule has 2 aromatic carbocycles. The van der Waals surface area contributed by atoms with Gasteiger partial charge in [0, 0.05) is 54.6 Å². The third kappa shape index (κ3) is 8.45. The first-order chi connectivity index (χ1) is 21.9. The Hall–Kier alpha value is -3.64. The molecule has 0 bridgehead atoms. The normalized spacial score (nSPS) is 11.8. The minimum atomic E-state index is -3.56. The third-order valence-corrected chi connectivity index (χ3v) is 12.8. The van der Waals surface area contributed by atoms with Crippen LogP contribution in [0, 0.1) is 48.9 Å². The van der Waals surface area contributed by atoms with Gasteiger partial charge in [0.1, 0.15) is 0 Å². The van der Waals surface area contributed by atoms with Crippen LogP contribution in [-0.4, -0.2) is 24.3 Å². The molecule has 0 saturated carbocycles. The van der Waals surface area contributed by atoms with Gasteiger partial charge in [0.05, 0.1) is 5.76 Å². The van der Waals surface area contributed by atoms with Gasteiger partial charge in [0.25, 0.3) is 0 Å². The molecule has 0 saturated heterocycles. The van der Waals surface area contributed by atoms with E-state index in [0.29, 0.717) is 4.50 Å². The summed E-state index contributed by atoms with van der Waals surface area (Å²) in [7, 11) is -3.56. The standard InChI is InChI=1S/C25H19N4SSi.C13H24O2.Ir/c1-16-19-11-12-29-22(23(19)30-24(16)31(15-26,27-5)28-6)18-13-17-9-7-8-10-20(17)21(14-18)25(2,3)4;1-5-10(6-2)12(14)9-13(15)11(7-3)8-4;/h7-12,14H,1-4H3;9-11,14H,5-8H2,1-4H3;/q-1;;/b;12-9-;. The summed E-state index contributed by atoms with van der Waals surface area (Å²) >= 11 is 1.37. The maximum absolute atomic E-state index is 11.7. The number of pyridine rings is 1. The molecule has 0 aliphatic carbocycles. The van der Waals surface area contributed by atoms with E-state index in [-0.39, 0.29) is 48.9 Å². The average Bonchev–Trinajstić information content (AvgIpc) is 3.39. The number of aryl methyl sites for hydroxylation is 1. The summed E-state index contributed by atoms with van der Waals surface area (Å²) in [5, 5.41) is 22.6. The van der Waals surface area contributed by atoms with Crippen LogP contribution in [0.3, 0.4) is 0 Å². The number of nitriles is 1. The first kappa shape index (κ1) is 39.5. The Morgan fingerprint density at radius 2 is 1.66 bits per heavy atom. The van der Waals surface area contributed by atoms with E-state index in [4.69, 9.17) is 13.1 Å². The van der Waals surface area contributed by atoms with Crippen molar-refractivity contribution in [2.75, 3.05) is 0 Å². The van der Waals surface area contributed by atoms with Crippen LogP contribution >= 0.6 is 11.3 Å². The Morgan fingerprint density at radius 1 is 1.06 bits per heavy atom. The molecule has 1 N–H and O–H groups in total. The molecule has 2 heterocycles. The van der Waals surface area contributed by atoms with Crippen molar-refractivity contribution in [3.8, 4) is 16.9 Å². The summed E-state index contributed by atoms with van der Waals surface area (Å²) in [6, 6.07) is 15.8. The number of rotatable bonds is 9. The molecular formula is C38H43IrN4O2SSi-. The number of aliphatic hydroxyl groups is 1. The molecule has 247 valence electrons. The van der Waals surface area contributed by atoms with Crippen molar-refractivity contribution in [2.24, 2.45) is 11.8 Å². The van der Waals surface area contributed by atoms with E-state index >= 15 is 0 Å². The van der Waals surface area contributed by atoms with Crippen molar-refractivity contribution in [3.63, 3.8) is 0 Å². The number of benzene rings is 2. The average molecular weight is 840 g/mol. The van der Waals surface area contributed by atoms with Crippen LogP contribution in [0.1, 0.15) is 85.3 Å². The molecule has 6 nitrogen and oxygen atoms in total. The van der Waals surface area contributed by atoms with Gasteiger partial charge in [-0.2, -0.15) is 5.26 Å². The van der Waals surface area contributed by atoms with Crippen LogP contribution in [-0.2, 0) is 30.3 Å². The Morgan fingerprint density at radius 3 is 2.19 bits per heavy atom. The predicted molar refractivity (Wildman–Crippen MR) is 193 cm³/mol. The number of nitrogens with zero attached hydrogens (tertiary/aromatic N) is 4. The monoisotopic (exact) mass is 840 g/mol. The Balaban J connectivity index is 0.000000410. The Kier molecular flexibility index (Phi) is 14.3. The molecule has 0 atom stereocenters. The zero-order valence-corrected chi connectivity index (χ0v) is 32.7. The summed E-state index contributed by atoms with van der Waals surface area (Å²) in [5.74, 6) is 0.547. The van der Waals surface area contributed by atoms with Crippen molar-refractivity contribution < 1.29 is 30.0 Å². The van der Waals surface area contributed by atoms with E-state index in [1.165, 1.54) is 28.4 Å². The van der Waals surface area contributed by atoms with E-state index in [9.17, 15) is 15.2 Å². The van der Waals surface area contributed by atoms with Gasteiger partial charge in [0.15, 0.2) is 10.3 Å². The second kappa shape index (κ2) is 17.0. The van der Waals surface area contributed by atoms with Crippen LogP contribution in [0.15, 0.2) is 54.4 Å². The fourth-order valence-electron chi connectivity index (χ4n) is 5.66. The quantitative estimate of drug-likeness (QED) is 0.0788. The first-order valence-corrected chi connectivity index (χ1v) is 18.5. The molecule has 9 heteroatoms. The summed E-state index contributed by atoms with van der Waals surface area (Å²) < 4.78 is 8.57. The predicted octanol–water partition coefficient (Wildman–Crippen LogP) is 9.94. The van der Waals surface area contributed by atoms with Crippen molar-refractivity contribution >= 4 is 50.9 Å². The molecule has 47 heavy (non-hydrogen) atoms. The van der Waals surface area contributed by atoms with E-state index in [1.54, 1.807) is 6.20 Å². The second-order valence-electron chi connectivity index (χ2n) is 12.5. The van der Waals surface area contributed by atoms with Crippen LogP contribution in [0.25, 0.3) is 41.1 Å². The van der Waals surface area contributed by atoms with Crippen LogP contribution in [0.4, 0.5) is 0 Å². The number of thiophene rings is 1. The van der Waals surface area contributed by atoms with Gasteiger partial charge in [-0.15, -0.1) is 40.5 Å². The van der Waals surface area contributed by atoms with Gasteiger partial charge < -0.3 is 14.1 Å². The fourth-order valence-corrected chi connectivity index (χ4v) is 9.11. The minimum absolute atomic E-state index is 0. The SMILES string of the molecule is CCC(CC)C(=O)/C=C(\O)C(CC)CC.[C-]#[N+][Si](C#N)([N+]#[C-])c1sc2c(-c3[c-]c4ccccc4c(C(C)(C)C)c3)nccc2c1C.[Ir]. The van der Waals surface area contributed by atoms with E-state index in [1.807, 2.05) is 52.8 Å². The number of hydrogen-bond acceptors (Lipinski definition) is 5. The smallest absolute Gasteiger partial charge is 0.512 e. The van der Waals surface area contributed by atoms with Crippen LogP contribution in [0.2, 0.25) is 0 Å². The zero-order chi connectivity index (χ0) is 34.2. The van der Waals surface area contributed by atoms with E-state index < -0.39 is 8.40 Å². The van der Waals surface area contributed by atoms with Crippen molar-refractivity contribution in [1.29, 1.82) is 5.26 Å². The number of allylic oxidation sites excluding steroid dienone is 2. The summed E-state index contributed by atoms with van der Waals surface area (Å²) in [6.45, 7) is 31.7.